The third-order valence-corrected chi connectivity index (χ3v) is 4.90. The number of nitrogens with one attached hydrogen (secondary N) is 1. The van der Waals surface area contributed by atoms with Gasteiger partial charge in [0.25, 0.3) is 0 Å². The highest BCUT2D eigenvalue weighted by molar-refractivity contribution is 7.14. The highest BCUT2D eigenvalue weighted by Crippen LogP contribution is 2.28. The number of thiophene rings is 1. The Bertz CT molecular complexity index is 729. The number of aliphatic hydroxyl groups excluding tert-OH is 1. The zero-order valence-electron chi connectivity index (χ0n) is 14.7. The summed E-state index contributed by atoms with van der Waals surface area (Å²) in [6, 6.07) is 11.8. The van der Waals surface area contributed by atoms with E-state index in [9.17, 15) is 14.7 Å². The van der Waals surface area contributed by atoms with Crippen LogP contribution in [0.3, 0.4) is 0 Å². The van der Waals surface area contributed by atoms with Crippen LogP contribution >= 0.6 is 11.3 Å². The fraction of sp³-hybridized carbons (Fsp3) is 0.368. The lowest BCUT2D eigenvalue weighted by atomic mass is 9.98. The Labute approximate surface area is 156 Å². The van der Waals surface area contributed by atoms with E-state index in [1.807, 2.05) is 44.2 Å². The Morgan fingerprint density at radius 2 is 1.85 bits per heavy atom. The van der Waals surface area contributed by atoms with Gasteiger partial charge >= 0.3 is 12.1 Å². The van der Waals surface area contributed by atoms with E-state index in [1.165, 1.54) is 6.07 Å². The standard InChI is InChI=1S/C19H23NO5S/c1-12(2)10-14(17(21)15-8-9-16(26-15)18(22)23)20-19(24)25-11-13-6-4-3-5-7-13/h3-9,12,14,17,21H,10-11H2,1-2H3,(H,20,24)(H,22,23)/t14-,17-/m0/s1. The van der Waals surface area contributed by atoms with Crippen LogP contribution in [-0.2, 0) is 11.3 Å². The maximum absolute atomic E-state index is 12.1. The van der Waals surface area contributed by atoms with Gasteiger partial charge in [-0.25, -0.2) is 9.59 Å². The van der Waals surface area contributed by atoms with Crippen LogP contribution in [0.1, 0.15) is 46.5 Å². The molecule has 0 aliphatic carbocycles. The average Bonchev–Trinajstić information content (AvgIpc) is 3.09. The normalized spacial score (nSPS) is 13.2. The van der Waals surface area contributed by atoms with Crippen molar-refractivity contribution in [2.75, 3.05) is 0 Å². The molecule has 0 saturated heterocycles. The SMILES string of the molecule is CC(C)C[C@H](NC(=O)OCc1ccccc1)[C@H](O)c1ccc(C(=O)O)s1. The second-order valence-electron chi connectivity index (χ2n) is 6.39. The fourth-order valence-corrected chi connectivity index (χ4v) is 3.41. The molecule has 1 amide bonds. The Morgan fingerprint density at radius 1 is 1.15 bits per heavy atom. The Hall–Kier alpha value is -2.38. The average molecular weight is 377 g/mol. The molecule has 26 heavy (non-hydrogen) atoms. The number of ether oxygens (including phenoxy) is 1. The van der Waals surface area contributed by atoms with Gasteiger partial charge in [0.15, 0.2) is 0 Å². The molecule has 0 saturated carbocycles. The number of alkyl carbamates (subject to hydrolysis) is 1. The summed E-state index contributed by atoms with van der Waals surface area (Å²) in [6.45, 7) is 4.10. The van der Waals surface area contributed by atoms with Crippen LogP contribution in [0.4, 0.5) is 4.79 Å². The van der Waals surface area contributed by atoms with Crippen molar-refractivity contribution in [3.8, 4) is 0 Å². The summed E-state index contributed by atoms with van der Waals surface area (Å²) in [5, 5.41) is 22.3. The Kier molecular flexibility index (Phi) is 7.17. The van der Waals surface area contributed by atoms with E-state index in [4.69, 9.17) is 9.84 Å². The summed E-state index contributed by atoms with van der Waals surface area (Å²) < 4.78 is 5.22. The molecule has 7 heteroatoms. The first kappa shape index (κ1) is 19.9. The first-order valence-electron chi connectivity index (χ1n) is 8.35. The molecule has 0 spiro atoms. The van der Waals surface area contributed by atoms with Crippen LogP contribution in [0.5, 0.6) is 0 Å². The molecule has 2 atom stereocenters. The molecular formula is C19H23NO5S. The molecule has 0 aliphatic rings. The van der Waals surface area contributed by atoms with Crippen molar-refractivity contribution in [3.63, 3.8) is 0 Å². The van der Waals surface area contributed by atoms with Crippen LogP contribution in [0.2, 0.25) is 0 Å². The fourth-order valence-electron chi connectivity index (χ4n) is 2.52. The van der Waals surface area contributed by atoms with E-state index in [2.05, 4.69) is 5.32 Å². The van der Waals surface area contributed by atoms with E-state index in [0.29, 0.717) is 11.3 Å². The number of aromatic carboxylic acids is 1. The lowest BCUT2D eigenvalue weighted by Gasteiger charge is -2.24. The van der Waals surface area contributed by atoms with E-state index in [1.54, 1.807) is 6.07 Å². The second kappa shape index (κ2) is 9.35. The highest BCUT2D eigenvalue weighted by Gasteiger charge is 2.26. The smallest absolute Gasteiger partial charge is 0.407 e. The molecule has 1 heterocycles. The number of hydrogen-bond acceptors (Lipinski definition) is 5. The molecule has 0 aliphatic heterocycles. The largest absolute Gasteiger partial charge is 0.477 e. The van der Waals surface area contributed by atoms with Gasteiger partial charge in [0.2, 0.25) is 0 Å². The second-order valence-corrected chi connectivity index (χ2v) is 7.51. The highest BCUT2D eigenvalue weighted by atomic mass is 32.1. The zero-order chi connectivity index (χ0) is 19.1. The van der Waals surface area contributed by atoms with Gasteiger partial charge in [-0.05, 0) is 30.0 Å². The first-order valence-corrected chi connectivity index (χ1v) is 9.16. The molecule has 0 fully saturated rings. The molecule has 6 nitrogen and oxygen atoms in total. The summed E-state index contributed by atoms with van der Waals surface area (Å²) in [5.74, 6) is -0.813. The van der Waals surface area contributed by atoms with Crippen molar-refractivity contribution in [1.29, 1.82) is 0 Å². The molecule has 0 radical (unpaired) electrons. The lowest BCUT2D eigenvalue weighted by molar-refractivity contribution is 0.0702. The van der Waals surface area contributed by atoms with Gasteiger partial charge in [0.05, 0.1) is 6.04 Å². The van der Waals surface area contributed by atoms with Gasteiger partial charge in [-0.15, -0.1) is 11.3 Å². The van der Waals surface area contributed by atoms with E-state index >= 15 is 0 Å². The van der Waals surface area contributed by atoms with Gasteiger partial charge in [-0.3, -0.25) is 0 Å². The van der Waals surface area contributed by atoms with Crippen LogP contribution in [0.15, 0.2) is 42.5 Å². The van der Waals surface area contributed by atoms with Crippen LogP contribution < -0.4 is 5.32 Å². The maximum atomic E-state index is 12.1. The van der Waals surface area contributed by atoms with Crippen LogP contribution in [-0.4, -0.2) is 28.3 Å². The van der Waals surface area contributed by atoms with Crippen molar-refractivity contribution >= 4 is 23.4 Å². The molecular weight excluding hydrogens is 354 g/mol. The topological polar surface area (TPSA) is 95.9 Å². The molecule has 2 rings (SSSR count). The minimum absolute atomic E-state index is 0.138. The lowest BCUT2D eigenvalue weighted by Crippen LogP contribution is -2.40. The van der Waals surface area contributed by atoms with E-state index < -0.39 is 24.2 Å². The minimum atomic E-state index is -1.04. The van der Waals surface area contributed by atoms with Crippen molar-refractivity contribution in [2.24, 2.45) is 5.92 Å². The number of carbonyl (C=O) groups is 2. The summed E-state index contributed by atoms with van der Waals surface area (Å²) in [7, 11) is 0. The number of rotatable bonds is 8. The summed E-state index contributed by atoms with van der Waals surface area (Å²) >= 11 is 1.00. The van der Waals surface area contributed by atoms with Gasteiger partial charge < -0.3 is 20.3 Å². The molecule has 1 aromatic heterocycles. The van der Waals surface area contributed by atoms with Crippen molar-refractivity contribution in [3.05, 3.63) is 57.8 Å². The maximum Gasteiger partial charge on any atom is 0.407 e. The van der Waals surface area contributed by atoms with Gasteiger partial charge in [-0.2, -0.15) is 0 Å². The van der Waals surface area contributed by atoms with Crippen molar-refractivity contribution in [2.45, 2.75) is 39.0 Å². The molecule has 0 bridgehead atoms. The van der Waals surface area contributed by atoms with Gasteiger partial charge in [0, 0.05) is 4.88 Å². The summed E-state index contributed by atoms with van der Waals surface area (Å²) in [4.78, 5) is 23.8. The summed E-state index contributed by atoms with van der Waals surface area (Å²) in [5.41, 5.74) is 0.868. The summed E-state index contributed by atoms with van der Waals surface area (Å²) in [6.07, 6.45) is -1.09. The number of carboxylic acids is 1. The number of carbonyl (C=O) groups excluding carboxylic acids is 1. The minimum Gasteiger partial charge on any atom is -0.477 e. The number of carboxylic acid groups (broad SMARTS) is 1. The number of benzene rings is 1. The van der Waals surface area contributed by atoms with Crippen molar-refractivity contribution < 1.29 is 24.5 Å². The van der Waals surface area contributed by atoms with Crippen LogP contribution in [0, 0.1) is 5.92 Å². The predicted molar refractivity (Wildman–Crippen MR) is 99.2 cm³/mol. The van der Waals surface area contributed by atoms with Gasteiger partial charge in [0.1, 0.15) is 17.6 Å². The zero-order valence-corrected chi connectivity index (χ0v) is 15.5. The quantitative estimate of drug-likeness (QED) is 0.650. The van der Waals surface area contributed by atoms with Crippen LogP contribution in [0.25, 0.3) is 0 Å². The Morgan fingerprint density at radius 3 is 2.42 bits per heavy atom. The molecule has 2 aromatic rings. The third kappa shape index (κ3) is 5.86. The number of amides is 1. The van der Waals surface area contributed by atoms with Crippen molar-refractivity contribution in [1.82, 2.24) is 5.32 Å². The third-order valence-electron chi connectivity index (χ3n) is 3.75. The molecule has 0 unspecified atom stereocenters. The predicted octanol–water partition coefficient (Wildman–Crippen LogP) is 3.82. The molecule has 140 valence electrons. The number of hydrogen-bond donors (Lipinski definition) is 3. The Balaban J connectivity index is 2.00. The van der Waals surface area contributed by atoms with E-state index in [-0.39, 0.29) is 17.4 Å². The molecule has 3 N–H and O–H groups in total. The number of aliphatic hydroxyl groups is 1. The van der Waals surface area contributed by atoms with E-state index in [0.717, 1.165) is 16.9 Å². The monoisotopic (exact) mass is 377 g/mol. The molecule has 1 aromatic carbocycles. The van der Waals surface area contributed by atoms with Gasteiger partial charge in [-0.1, -0.05) is 44.2 Å². The first-order chi connectivity index (χ1) is 12.4.